The average Bonchev–Trinajstić information content (AvgIpc) is 3.14. The van der Waals surface area contributed by atoms with E-state index < -0.39 is 0 Å². The maximum Gasteiger partial charge on any atom is 0.237 e. The number of likely N-dealkylation sites (tertiary alicyclic amines) is 1. The molecule has 2 unspecified atom stereocenters. The molecule has 30 heavy (non-hydrogen) atoms. The van der Waals surface area contributed by atoms with Crippen LogP contribution in [0.1, 0.15) is 36.9 Å². The molecule has 0 saturated carbocycles. The minimum Gasteiger partial charge on any atom is -0.497 e. The molecule has 0 radical (unpaired) electrons. The number of nitrogens with two attached hydrogens (primary N) is 1. The lowest BCUT2D eigenvalue weighted by Crippen LogP contribution is -2.45. The van der Waals surface area contributed by atoms with E-state index in [2.05, 4.69) is 22.3 Å². The average molecular weight is 434 g/mol. The fraction of sp³-hybridized carbons (Fsp3) is 0.435. The summed E-state index contributed by atoms with van der Waals surface area (Å²) in [6, 6.07) is 15.4. The quantitative estimate of drug-likeness (QED) is 0.701. The second kappa shape index (κ2) is 10.7. The summed E-state index contributed by atoms with van der Waals surface area (Å²) in [7, 11) is 3.24. The van der Waals surface area contributed by atoms with Crippen LogP contribution >= 0.6 is 12.4 Å². The number of rotatable bonds is 7. The molecule has 1 heterocycles. The Balaban J connectivity index is 0.00000320. The molecule has 0 spiro atoms. The van der Waals surface area contributed by atoms with E-state index in [0.29, 0.717) is 6.54 Å². The van der Waals surface area contributed by atoms with Gasteiger partial charge in [-0.25, -0.2) is 0 Å². The largest absolute Gasteiger partial charge is 0.497 e. The van der Waals surface area contributed by atoms with Gasteiger partial charge in [0.2, 0.25) is 5.91 Å². The highest BCUT2D eigenvalue weighted by molar-refractivity contribution is 5.85. The summed E-state index contributed by atoms with van der Waals surface area (Å²) in [6.45, 7) is 5.36. The Morgan fingerprint density at radius 2 is 1.80 bits per heavy atom. The third-order valence-corrected chi connectivity index (χ3v) is 5.81. The van der Waals surface area contributed by atoms with Crippen molar-refractivity contribution in [1.82, 2.24) is 10.2 Å². The van der Waals surface area contributed by atoms with E-state index in [0.717, 1.165) is 23.6 Å². The van der Waals surface area contributed by atoms with Crippen LogP contribution in [0, 0.1) is 0 Å². The van der Waals surface area contributed by atoms with E-state index in [4.69, 9.17) is 15.2 Å². The summed E-state index contributed by atoms with van der Waals surface area (Å²) in [6.07, 6.45) is 0. The zero-order chi connectivity index (χ0) is 21.0. The summed E-state index contributed by atoms with van der Waals surface area (Å²) in [5, 5.41) is 3.11. The van der Waals surface area contributed by atoms with Crippen molar-refractivity contribution in [2.75, 3.05) is 27.3 Å². The molecular formula is C23H32ClN3O3. The van der Waals surface area contributed by atoms with E-state index in [9.17, 15) is 4.79 Å². The van der Waals surface area contributed by atoms with Gasteiger partial charge < -0.3 is 20.5 Å². The van der Waals surface area contributed by atoms with Gasteiger partial charge in [0.05, 0.1) is 26.3 Å². The number of carbonyl (C=O) groups excluding carboxylic acids is 1. The van der Waals surface area contributed by atoms with Gasteiger partial charge in [-0.1, -0.05) is 30.3 Å². The highest BCUT2D eigenvalue weighted by Gasteiger charge is 2.36. The number of hydrogen-bond acceptors (Lipinski definition) is 5. The van der Waals surface area contributed by atoms with Crippen LogP contribution in [0.2, 0.25) is 0 Å². The fourth-order valence-electron chi connectivity index (χ4n) is 3.99. The number of ether oxygens (including phenoxy) is 2. The third kappa shape index (κ3) is 5.25. The Hall–Kier alpha value is -2.28. The molecule has 4 atom stereocenters. The maximum atomic E-state index is 13.0. The molecule has 164 valence electrons. The van der Waals surface area contributed by atoms with E-state index in [1.807, 2.05) is 50.2 Å². The zero-order valence-electron chi connectivity index (χ0n) is 18.0. The summed E-state index contributed by atoms with van der Waals surface area (Å²) < 4.78 is 10.8. The molecule has 0 bridgehead atoms. The Bertz CT molecular complexity index is 834. The zero-order valence-corrected chi connectivity index (χ0v) is 18.8. The van der Waals surface area contributed by atoms with Crippen molar-refractivity contribution in [1.29, 1.82) is 0 Å². The maximum absolute atomic E-state index is 13.0. The Kier molecular flexibility index (Phi) is 8.53. The standard InChI is InChI=1S/C23H31N3O3.ClH/c1-15(19-12-18(28-3)10-11-22(19)29-4)25-23(27)16(2)26-13-20(21(24)14-26)17-8-6-5-7-9-17;/h5-12,15-16,20-21H,13-14,24H2,1-4H3,(H,25,27);1H/t15?,16?,20-,21+;/m0./s1. The number of nitrogens with zero attached hydrogens (tertiary/aromatic N) is 1. The number of benzene rings is 2. The van der Waals surface area contributed by atoms with Crippen LogP contribution in [0.5, 0.6) is 11.5 Å². The number of amides is 1. The Morgan fingerprint density at radius 3 is 2.43 bits per heavy atom. The topological polar surface area (TPSA) is 76.8 Å². The SMILES string of the molecule is COc1ccc(OC)c(C(C)NC(=O)C(C)N2C[C@@H](N)[C@H](c3ccccc3)C2)c1.Cl. The van der Waals surface area contributed by atoms with Crippen molar-refractivity contribution in [3.8, 4) is 11.5 Å². The van der Waals surface area contributed by atoms with Gasteiger partial charge >= 0.3 is 0 Å². The van der Waals surface area contributed by atoms with E-state index in [1.165, 1.54) is 5.56 Å². The van der Waals surface area contributed by atoms with E-state index >= 15 is 0 Å². The minimum atomic E-state index is -0.270. The lowest BCUT2D eigenvalue weighted by molar-refractivity contribution is -0.126. The van der Waals surface area contributed by atoms with Crippen molar-refractivity contribution in [3.05, 3.63) is 59.7 Å². The molecule has 3 rings (SSSR count). The number of halogens is 1. The first-order valence-electron chi connectivity index (χ1n) is 10.0. The number of carbonyl (C=O) groups is 1. The van der Waals surface area contributed by atoms with Crippen LogP contribution in [0.25, 0.3) is 0 Å². The van der Waals surface area contributed by atoms with Crippen LogP contribution in [-0.4, -0.2) is 50.2 Å². The van der Waals surface area contributed by atoms with Crippen molar-refractivity contribution in [3.63, 3.8) is 0 Å². The van der Waals surface area contributed by atoms with Crippen LogP contribution < -0.4 is 20.5 Å². The number of methoxy groups -OCH3 is 2. The van der Waals surface area contributed by atoms with Crippen LogP contribution in [0.4, 0.5) is 0 Å². The van der Waals surface area contributed by atoms with Crippen LogP contribution in [0.15, 0.2) is 48.5 Å². The molecule has 2 aromatic rings. The lowest BCUT2D eigenvalue weighted by atomic mass is 9.95. The van der Waals surface area contributed by atoms with Crippen LogP contribution in [0.3, 0.4) is 0 Å². The van der Waals surface area contributed by atoms with Crippen LogP contribution in [-0.2, 0) is 4.79 Å². The minimum absolute atomic E-state index is 0. The predicted molar refractivity (Wildman–Crippen MR) is 122 cm³/mol. The van der Waals surface area contributed by atoms with Crippen molar-refractivity contribution < 1.29 is 14.3 Å². The smallest absolute Gasteiger partial charge is 0.237 e. The van der Waals surface area contributed by atoms with Crippen molar-refractivity contribution >= 4 is 18.3 Å². The summed E-state index contributed by atoms with van der Waals surface area (Å²) >= 11 is 0. The van der Waals surface area contributed by atoms with Gasteiger partial charge in [0.1, 0.15) is 11.5 Å². The van der Waals surface area contributed by atoms with Gasteiger partial charge in [-0.2, -0.15) is 0 Å². The molecule has 1 amide bonds. The molecule has 0 aromatic heterocycles. The van der Waals surface area contributed by atoms with E-state index in [-0.39, 0.29) is 42.4 Å². The molecule has 7 heteroatoms. The first-order valence-corrected chi connectivity index (χ1v) is 10.0. The van der Waals surface area contributed by atoms with Gasteiger partial charge in [0, 0.05) is 30.6 Å². The number of nitrogens with one attached hydrogen (secondary N) is 1. The monoisotopic (exact) mass is 433 g/mol. The summed E-state index contributed by atoms with van der Waals surface area (Å²) in [5.74, 6) is 1.66. The lowest BCUT2D eigenvalue weighted by Gasteiger charge is -2.26. The molecule has 1 fully saturated rings. The fourth-order valence-corrected chi connectivity index (χ4v) is 3.99. The van der Waals surface area contributed by atoms with Gasteiger partial charge in [-0.15, -0.1) is 12.4 Å². The van der Waals surface area contributed by atoms with E-state index in [1.54, 1.807) is 14.2 Å². The van der Waals surface area contributed by atoms with Crippen molar-refractivity contribution in [2.24, 2.45) is 5.73 Å². The van der Waals surface area contributed by atoms with Gasteiger partial charge in [-0.05, 0) is 37.6 Å². The van der Waals surface area contributed by atoms with Gasteiger partial charge in [-0.3, -0.25) is 9.69 Å². The third-order valence-electron chi connectivity index (χ3n) is 5.81. The predicted octanol–water partition coefficient (Wildman–Crippen LogP) is 3.12. The molecule has 3 N–H and O–H groups in total. The highest BCUT2D eigenvalue weighted by Crippen LogP contribution is 2.30. The van der Waals surface area contributed by atoms with Crippen molar-refractivity contribution in [2.45, 2.75) is 37.9 Å². The molecular weight excluding hydrogens is 402 g/mol. The Labute approximate surface area is 185 Å². The molecule has 0 aliphatic carbocycles. The van der Waals surface area contributed by atoms with Gasteiger partial charge in [0.15, 0.2) is 0 Å². The Morgan fingerprint density at radius 1 is 1.10 bits per heavy atom. The molecule has 1 saturated heterocycles. The molecule has 2 aromatic carbocycles. The first-order chi connectivity index (χ1) is 13.9. The molecule has 1 aliphatic rings. The molecule has 1 aliphatic heterocycles. The first kappa shape index (κ1) is 24.0. The second-order valence-corrected chi connectivity index (χ2v) is 7.65. The molecule has 6 nitrogen and oxygen atoms in total. The number of hydrogen-bond donors (Lipinski definition) is 2. The summed E-state index contributed by atoms with van der Waals surface area (Å²) in [4.78, 5) is 15.1. The second-order valence-electron chi connectivity index (χ2n) is 7.65. The normalized spacial score (nSPS) is 20.7. The van der Waals surface area contributed by atoms with Gasteiger partial charge in [0.25, 0.3) is 0 Å². The highest BCUT2D eigenvalue weighted by atomic mass is 35.5. The summed E-state index contributed by atoms with van der Waals surface area (Å²) in [5.41, 5.74) is 8.51.